The van der Waals surface area contributed by atoms with Crippen molar-refractivity contribution in [3.05, 3.63) is 58.6 Å². The lowest BCUT2D eigenvalue weighted by Crippen LogP contribution is -2.35. The number of ether oxygens (including phenoxy) is 1. The number of nitrogens with one attached hydrogen (secondary N) is 2. The van der Waals surface area contributed by atoms with E-state index in [1.54, 1.807) is 24.3 Å². The van der Waals surface area contributed by atoms with Gasteiger partial charge < -0.3 is 15.4 Å². The summed E-state index contributed by atoms with van der Waals surface area (Å²) in [5, 5.41) is 5.75. The molecule has 2 rings (SSSR count). The van der Waals surface area contributed by atoms with Crippen molar-refractivity contribution in [3.63, 3.8) is 0 Å². The Morgan fingerprint density at radius 1 is 1.04 bits per heavy atom. The van der Waals surface area contributed by atoms with E-state index in [-0.39, 0.29) is 25.0 Å². The number of amides is 2. The average Bonchev–Trinajstić information content (AvgIpc) is 2.56. The van der Waals surface area contributed by atoms with Gasteiger partial charge in [0.25, 0.3) is 5.91 Å². The summed E-state index contributed by atoms with van der Waals surface area (Å²) in [4.78, 5) is 23.6. The van der Waals surface area contributed by atoms with Crippen LogP contribution in [0.4, 0.5) is 5.69 Å². The van der Waals surface area contributed by atoms with Crippen LogP contribution in [0.1, 0.15) is 11.1 Å². The molecule has 0 aromatic heterocycles. The fourth-order valence-corrected chi connectivity index (χ4v) is 2.11. The molecule has 0 bridgehead atoms. The zero-order valence-electron chi connectivity index (χ0n) is 13.6. The molecule has 0 fully saturated rings. The van der Waals surface area contributed by atoms with Gasteiger partial charge in [-0.1, -0.05) is 35.4 Å². The minimum absolute atomic E-state index is 0.137. The SMILES string of the molecule is Cc1ccc(OCC(=O)NCC(=O)Nc2cc(Cl)ccc2C)cc1. The Hall–Kier alpha value is -2.53. The van der Waals surface area contributed by atoms with Gasteiger partial charge in [-0.3, -0.25) is 9.59 Å². The van der Waals surface area contributed by atoms with Crippen LogP contribution in [0, 0.1) is 13.8 Å². The van der Waals surface area contributed by atoms with Gasteiger partial charge in [-0.05, 0) is 43.7 Å². The molecular formula is C18H19ClN2O3. The predicted molar refractivity (Wildman–Crippen MR) is 94.5 cm³/mol. The van der Waals surface area contributed by atoms with Crippen LogP contribution in [0.5, 0.6) is 5.75 Å². The first-order valence-corrected chi connectivity index (χ1v) is 7.84. The monoisotopic (exact) mass is 346 g/mol. The van der Waals surface area contributed by atoms with Crippen molar-refractivity contribution in [1.29, 1.82) is 0 Å². The molecule has 0 saturated carbocycles. The fourth-order valence-electron chi connectivity index (χ4n) is 1.94. The normalized spacial score (nSPS) is 10.1. The van der Waals surface area contributed by atoms with Crippen molar-refractivity contribution in [2.24, 2.45) is 0 Å². The molecule has 0 aliphatic rings. The van der Waals surface area contributed by atoms with E-state index in [1.165, 1.54) is 0 Å². The number of anilines is 1. The summed E-state index contributed by atoms with van der Waals surface area (Å²) in [5.41, 5.74) is 2.62. The van der Waals surface area contributed by atoms with E-state index in [0.29, 0.717) is 16.5 Å². The van der Waals surface area contributed by atoms with E-state index < -0.39 is 0 Å². The maximum atomic E-state index is 11.9. The van der Waals surface area contributed by atoms with Crippen LogP contribution in [0.3, 0.4) is 0 Å². The summed E-state index contributed by atoms with van der Waals surface area (Å²) in [5.74, 6) is -0.0904. The lowest BCUT2D eigenvalue weighted by molar-refractivity contribution is -0.125. The first-order valence-electron chi connectivity index (χ1n) is 7.46. The third kappa shape index (κ3) is 5.59. The van der Waals surface area contributed by atoms with Crippen molar-refractivity contribution in [1.82, 2.24) is 5.32 Å². The van der Waals surface area contributed by atoms with Crippen LogP contribution in [0.15, 0.2) is 42.5 Å². The minimum Gasteiger partial charge on any atom is -0.484 e. The second kappa shape index (κ2) is 8.36. The van der Waals surface area contributed by atoms with Crippen molar-refractivity contribution >= 4 is 29.1 Å². The van der Waals surface area contributed by atoms with Gasteiger partial charge in [0.2, 0.25) is 5.91 Å². The van der Waals surface area contributed by atoms with E-state index in [4.69, 9.17) is 16.3 Å². The van der Waals surface area contributed by atoms with E-state index in [0.717, 1.165) is 11.1 Å². The molecular weight excluding hydrogens is 328 g/mol. The molecule has 0 aliphatic carbocycles. The van der Waals surface area contributed by atoms with Crippen LogP contribution in [0.25, 0.3) is 0 Å². The van der Waals surface area contributed by atoms with E-state index in [2.05, 4.69) is 10.6 Å². The number of halogens is 1. The number of aryl methyl sites for hydroxylation is 2. The Balaban J connectivity index is 1.75. The number of carbonyl (C=O) groups is 2. The zero-order chi connectivity index (χ0) is 17.5. The van der Waals surface area contributed by atoms with Crippen molar-refractivity contribution in [2.45, 2.75) is 13.8 Å². The first kappa shape index (κ1) is 17.8. The quantitative estimate of drug-likeness (QED) is 0.844. The van der Waals surface area contributed by atoms with Crippen LogP contribution in [-0.4, -0.2) is 25.0 Å². The summed E-state index contributed by atoms with van der Waals surface area (Å²) in [7, 11) is 0. The Morgan fingerprint density at radius 3 is 2.46 bits per heavy atom. The van der Waals surface area contributed by atoms with Gasteiger partial charge in [0, 0.05) is 10.7 Å². The number of hydrogen-bond acceptors (Lipinski definition) is 3. The van der Waals surface area contributed by atoms with E-state index in [1.807, 2.05) is 32.0 Å². The van der Waals surface area contributed by atoms with E-state index >= 15 is 0 Å². The summed E-state index contributed by atoms with van der Waals surface area (Å²) >= 11 is 5.90. The highest BCUT2D eigenvalue weighted by atomic mass is 35.5. The first-order chi connectivity index (χ1) is 11.4. The van der Waals surface area contributed by atoms with Gasteiger partial charge in [-0.15, -0.1) is 0 Å². The van der Waals surface area contributed by atoms with Crippen molar-refractivity contribution in [3.8, 4) is 5.75 Å². The van der Waals surface area contributed by atoms with Gasteiger partial charge in [-0.25, -0.2) is 0 Å². The topological polar surface area (TPSA) is 67.4 Å². The van der Waals surface area contributed by atoms with Gasteiger partial charge in [-0.2, -0.15) is 0 Å². The standard InChI is InChI=1S/C18H19ClN2O3/c1-12-3-7-15(8-4-12)24-11-18(23)20-10-17(22)21-16-9-14(19)6-5-13(16)2/h3-9H,10-11H2,1-2H3,(H,20,23)(H,21,22). The minimum atomic E-state index is -0.367. The summed E-state index contributed by atoms with van der Waals surface area (Å²) < 4.78 is 5.35. The molecule has 6 heteroatoms. The van der Waals surface area contributed by atoms with Crippen LogP contribution < -0.4 is 15.4 Å². The third-order valence-corrected chi connectivity index (χ3v) is 3.55. The van der Waals surface area contributed by atoms with Gasteiger partial charge >= 0.3 is 0 Å². The molecule has 24 heavy (non-hydrogen) atoms. The lowest BCUT2D eigenvalue weighted by Gasteiger charge is -2.10. The number of carbonyl (C=O) groups excluding carboxylic acids is 2. The summed E-state index contributed by atoms with van der Waals surface area (Å²) in [6.45, 7) is 3.55. The van der Waals surface area contributed by atoms with Crippen LogP contribution in [-0.2, 0) is 9.59 Å². The second-order valence-electron chi connectivity index (χ2n) is 5.39. The Morgan fingerprint density at radius 2 is 1.75 bits per heavy atom. The zero-order valence-corrected chi connectivity index (χ0v) is 14.3. The Bertz CT molecular complexity index is 730. The lowest BCUT2D eigenvalue weighted by atomic mass is 10.2. The molecule has 5 nitrogen and oxygen atoms in total. The van der Waals surface area contributed by atoms with Crippen LogP contribution >= 0.6 is 11.6 Å². The molecule has 2 amide bonds. The summed E-state index contributed by atoms with van der Waals surface area (Å²) in [6.07, 6.45) is 0. The molecule has 2 aromatic rings. The maximum absolute atomic E-state index is 11.9. The molecule has 0 unspecified atom stereocenters. The highest BCUT2D eigenvalue weighted by Gasteiger charge is 2.08. The molecule has 126 valence electrons. The molecule has 0 saturated heterocycles. The summed E-state index contributed by atoms with van der Waals surface area (Å²) in [6, 6.07) is 12.6. The maximum Gasteiger partial charge on any atom is 0.258 e. The molecule has 0 spiro atoms. The van der Waals surface area contributed by atoms with Crippen molar-refractivity contribution < 1.29 is 14.3 Å². The van der Waals surface area contributed by atoms with Crippen molar-refractivity contribution in [2.75, 3.05) is 18.5 Å². The molecule has 0 radical (unpaired) electrons. The molecule has 2 N–H and O–H groups in total. The largest absolute Gasteiger partial charge is 0.484 e. The second-order valence-corrected chi connectivity index (χ2v) is 5.82. The van der Waals surface area contributed by atoms with Gasteiger partial charge in [0.15, 0.2) is 6.61 Å². The average molecular weight is 347 g/mol. The predicted octanol–water partition coefficient (Wildman–Crippen LogP) is 3.09. The Labute approximate surface area is 146 Å². The smallest absolute Gasteiger partial charge is 0.258 e. The fraction of sp³-hybridized carbons (Fsp3) is 0.222. The third-order valence-electron chi connectivity index (χ3n) is 3.31. The number of rotatable bonds is 6. The molecule has 2 aromatic carbocycles. The highest BCUT2D eigenvalue weighted by molar-refractivity contribution is 6.31. The van der Waals surface area contributed by atoms with Gasteiger partial charge in [0.05, 0.1) is 6.54 Å². The van der Waals surface area contributed by atoms with Gasteiger partial charge in [0.1, 0.15) is 5.75 Å². The molecule has 0 heterocycles. The van der Waals surface area contributed by atoms with E-state index in [9.17, 15) is 9.59 Å². The van der Waals surface area contributed by atoms with Crippen LogP contribution in [0.2, 0.25) is 5.02 Å². The molecule has 0 aliphatic heterocycles. The molecule has 0 atom stereocenters. The highest BCUT2D eigenvalue weighted by Crippen LogP contribution is 2.19. The number of benzene rings is 2. The number of hydrogen-bond donors (Lipinski definition) is 2. The Kier molecular flexibility index (Phi) is 6.21.